The Morgan fingerprint density at radius 2 is 1.96 bits per heavy atom. The Bertz CT molecular complexity index is 654. The summed E-state index contributed by atoms with van der Waals surface area (Å²) in [6, 6.07) is 13.6. The van der Waals surface area contributed by atoms with Gasteiger partial charge in [-0.15, -0.1) is 11.3 Å². The molecule has 1 saturated heterocycles. The third-order valence-electron chi connectivity index (χ3n) is 3.95. The summed E-state index contributed by atoms with van der Waals surface area (Å²) < 4.78 is 5.77. The van der Waals surface area contributed by atoms with Crippen molar-refractivity contribution in [2.24, 2.45) is 0 Å². The van der Waals surface area contributed by atoms with Gasteiger partial charge in [0.2, 0.25) is 5.91 Å². The molecular formula is C18H19NO3S. The molecule has 0 aliphatic carbocycles. The molecule has 1 aromatic heterocycles. The minimum atomic E-state index is -0.0816. The molecule has 0 bridgehead atoms. The van der Waals surface area contributed by atoms with E-state index in [9.17, 15) is 9.59 Å². The Hall–Kier alpha value is -1.98. The van der Waals surface area contributed by atoms with E-state index in [1.54, 1.807) is 6.07 Å². The van der Waals surface area contributed by atoms with E-state index >= 15 is 0 Å². The normalized spacial score (nSPS) is 17.9. The van der Waals surface area contributed by atoms with Gasteiger partial charge in [0.05, 0.1) is 18.0 Å². The minimum Gasteiger partial charge on any atom is -0.370 e. The molecule has 1 amide bonds. The largest absolute Gasteiger partial charge is 0.370 e. The zero-order chi connectivity index (χ0) is 16.1. The van der Waals surface area contributed by atoms with Crippen molar-refractivity contribution in [1.82, 2.24) is 4.90 Å². The van der Waals surface area contributed by atoms with Crippen LogP contribution in [-0.4, -0.2) is 36.3 Å². The molecule has 4 nitrogen and oxygen atoms in total. The van der Waals surface area contributed by atoms with Gasteiger partial charge in [-0.25, -0.2) is 0 Å². The zero-order valence-electron chi connectivity index (χ0n) is 12.8. The highest BCUT2D eigenvalue weighted by Crippen LogP contribution is 2.22. The van der Waals surface area contributed by atoms with Crippen LogP contribution in [0, 0.1) is 0 Å². The highest BCUT2D eigenvalue weighted by molar-refractivity contribution is 7.12. The first kappa shape index (κ1) is 15.9. The van der Waals surface area contributed by atoms with Crippen LogP contribution in [0.5, 0.6) is 0 Å². The van der Waals surface area contributed by atoms with Gasteiger partial charge in [0.1, 0.15) is 6.10 Å². The number of hydrogen-bond donors (Lipinski definition) is 0. The van der Waals surface area contributed by atoms with E-state index in [1.165, 1.54) is 11.3 Å². The number of amides is 1. The molecule has 0 radical (unpaired) electrons. The van der Waals surface area contributed by atoms with Gasteiger partial charge in [0, 0.05) is 19.4 Å². The molecule has 2 heterocycles. The molecule has 1 unspecified atom stereocenters. The maximum absolute atomic E-state index is 12.4. The van der Waals surface area contributed by atoms with E-state index in [2.05, 4.69) is 0 Å². The van der Waals surface area contributed by atoms with Gasteiger partial charge >= 0.3 is 0 Å². The number of thiophene rings is 1. The molecular weight excluding hydrogens is 310 g/mol. The van der Waals surface area contributed by atoms with E-state index in [0.717, 1.165) is 10.4 Å². The monoisotopic (exact) mass is 329 g/mol. The number of hydrogen-bond acceptors (Lipinski definition) is 4. The second-order valence-electron chi connectivity index (χ2n) is 5.51. The van der Waals surface area contributed by atoms with Crippen molar-refractivity contribution in [1.29, 1.82) is 0 Å². The fourth-order valence-corrected chi connectivity index (χ4v) is 3.38. The van der Waals surface area contributed by atoms with Crippen LogP contribution in [0.25, 0.3) is 0 Å². The molecule has 0 saturated carbocycles. The van der Waals surface area contributed by atoms with E-state index < -0.39 is 0 Å². The van der Waals surface area contributed by atoms with Gasteiger partial charge in [-0.05, 0) is 17.0 Å². The maximum Gasteiger partial charge on any atom is 0.223 e. The molecule has 5 heteroatoms. The third-order valence-corrected chi connectivity index (χ3v) is 4.86. The molecule has 23 heavy (non-hydrogen) atoms. The molecule has 1 aromatic carbocycles. The number of ketones is 1. The Morgan fingerprint density at radius 3 is 2.70 bits per heavy atom. The van der Waals surface area contributed by atoms with Crippen molar-refractivity contribution in [2.45, 2.75) is 18.9 Å². The van der Waals surface area contributed by atoms with Crippen LogP contribution in [-0.2, 0) is 9.53 Å². The van der Waals surface area contributed by atoms with Gasteiger partial charge in [0.15, 0.2) is 5.78 Å². The summed E-state index contributed by atoms with van der Waals surface area (Å²) in [5, 5.41) is 1.88. The van der Waals surface area contributed by atoms with Crippen LogP contribution in [0.15, 0.2) is 47.8 Å². The summed E-state index contributed by atoms with van der Waals surface area (Å²) in [6.07, 6.45) is 0.451. The average Bonchev–Trinajstić information content (AvgIpc) is 3.15. The first-order valence-electron chi connectivity index (χ1n) is 7.75. The maximum atomic E-state index is 12.4. The summed E-state index contributed by atoms with van der Waals surface area (Å²) in [5.74, 6) is 0.0698. The topological polar surface area (TPSA) is 46.6 Å². The van der Waals surface area contributed by atoms with E-state index in [0.29, 0.717) is 19.7 Å². The third kappa shape index (κ3) is 4.06. The number of carbonyl (C=O) groups excluding carboxylic acids is 2. The molecule has 0 spiro atoms. The SMILES string of the molecule is O=C(CCC(=O)N1CCOC(c2ccccc2)C1)c1cccs1. The van der Waals surface area contributed by atoms with Gasteiger partial charge in [-0.1, -0.05) is 36.4 Å². The lowest BCUT2D eigenvalue weighted by atomic mass is 10.1. The Morgan fingerprint density at radius 1 is 1.13 bits per heavy atom. The van der Waals surface area contributed by atoms with Crippen LogP contribution in [0.4, 0.5) is 0 Å². The standard InChI is InChI=1S/C18H19NO3S/c20-15(17-7-4-12-23-17)8-9-18(21)19-10-11-22-16(13-19)14-5-2-1-3-6-14/h1-7,12,16H,8-11,13H2. The number of benzene rings is 1. The molecule has 1 aliphatic rings. The minimum absolute atomic E-state index is 0.0270. The van der Waals surface area contributed by atoms with Gasteiger partial charge < -0.3 is 9.64 Å². The molecule has 1 fully saturated rings. The van der Waals surface area contributed by atoms with E-state index in [-0.39, 0.29) is 30.6 Å². The lowest BCUT2D eigenvalue weighted by Crippen LogP contribution is -2.42. The highest BCUT2D eigenvalue weighted by Gasteiger charge is 2.25. The Labute approximate surface area is 139 Å². The first-order chi connectivity index (χ1) is 11.2. The van der Waals surface area contributed by atoms with Crippen molar-refractivity contribution in [3.05, 3.63) is 58.3 Å². The quantitative estimate of drug-likeness (QED) is 0.791. The van der Waals surface area contributed by atoms with Crippen LogP contribution in [0.2, 0.25) is 0 Å². The van der Waals surface area contributed by atoms with Crippen molar-refractivity contribution in [3.63, 3.8) is 0 Å². The lowest BCUT2D eigenvalue weighted by Gasteiger charge is -2.33. The van der Waals surface area contributed by atoms with Gasteiger partial charge in [-0.3, -0.25) is 9.59 Å². The van der Waals surface area contributed by atoms with Crippen molar-refractivity contribution >= 4 is 23.0 Å². The number of nitrogens with zero attached hydrogens (tertiary/aromatic N) is 1. The smallest absolute Gasteiger partial charge is 0.223 e. The summed E-state index contributed by atoms with van der Waals surface area (Å²) in [6.45, 7) is 1.68. The second kappa shape index (κ2) is 7.53. The van der Waals surface area contributed by atoms with Crippen LogP contribution in [0.3, 0.4) is 0 Å². The predicted octanol–water partition coefficient (Wildman–Crippen LogP) is 3.31. The summed E-state index contributed by atoms with van der Waals surface area (Å²) in [4.78, 5) is 26.9. The van der Waals surface area contributed by atoms with Crippen molar-refractivity contribution in [2.75, 3.05) is 19.7 Å². The fraction of sp³-hybridized carbons (Fsp3) is 0.333. The predicted molar refractivity (Wildman–Crippen MR) is 89.6 cm³/mol. The number of carbonyl (C=O) groups is 2. The first-order valence-corrected chi connectivity index (χ1v) is 8.63. The van der Waals surface area contributed by atoms with Gasteiger partial charge in [0.25, 0.3) is 0 Å². The van der Waals surface area contributed by atoms with E-state index in [4.69, 9.17) is 4.74 Å². The molecule has 0 N–H and O–H groups in total. The van der Waals surface area contributed by atoms with Crippen molar-refractivity contribution in [3.8, 4) is 0 Å². The lowest BCUT2D eigenvalue weighted by molar-refractivity contribution is -0.139. The van der Waals surface area contributed by atoms with E-state index in [1.807, 2.05) is 46.7 Å². The molecule has 1 atom stereocenters. The van der Waals surface area contributed by atoms with Gasteiger partial charge in [-0.2, -0.15) is 0 Å². The highest BCUT2D eigenvalue weighted by atomic mass is 32.1. The number of Topliss-reactive ketones (excluding diaryl/α,β-unsaturated/α-hetero) is 1. The van der Waals surface area contributed by atoms with Crippen LogP contribution >= 0.6 is 11.3 Å². The molecule has 3 rings (SSSR count). The molecule has 120 valence electrons. The number of rotatable bonds is 5. The molecule has 1 aliphatic heterocycles. The number of morpholine rings is 1. The van der Waals surface area contributed by atoms with Crippen LogP contribution in [0.1, 0.15) is 34.2 Å². The molecule has 2 aromatic rings. The van der Waals surface area contributed by atoms with Crippen molar-refractivity contribution < 1.29 is 14.3 Å². The Balaban J connectivity index is 1.54. The van der Waals surface area contributed by atoms with Crippen LogP contribution < -0.4 is 0 Å². The second-order valence-corrected chi connectivity index (χ2v) is 6.46. The Kier molecular flexibility index (Phi) is 5.20. The zero-order valence-corrected chi connectivity index (χ0v) is 13.6. The number of ether oxygens (including phenoxy) is 1. The fourth-order valence-electron chi connectivity index (χ4n) is 2.68. The summed E-state index contributed by atoms with van der Waals surface area (Å²) >= 11 is 1.42. The average molecular weight is 329 g/mol. The summed E-state index contributed by atoms with van der Waals surface area (Å²) in [7, 11) is 0. The summed E-state index contributed by atoms with van der Waals surface area (Å²) in [5.41, 5.74) is 1.08.